The number of nitrogens with one attached hydrogen (secondary N) is 1. The van der Waals surface area contributed by atoms with Crippen molar-refractivity contribution in [3.8, 4) is 0 Å². The third kappa shape index (κ3) is 9.12. The number of hydrogen-bond acceptors (Lipinski definition) is 4. The molecule has 0 radical (unpaired) electrons. The molecule has 100 valence electrons. The summed E-state index contributed by atoms with van der Waals surface area (Å²) in [5.74, 6) is -1.39. The van der Waals surface area contributed by atoms with Crippen LogP contribution in [0.3, 0.4) is 0 Å². The van der Waals surface area contributed by atoms with E-state index >= 15 is 0 Å². The molecule has 0 aliphatic carbocycles. The second kappa shape index (κ2) is 7.66. The number of carbonyl (C=O) groups is 2. The van der Waals surface area contributed by atoms with E-state index in [1.165, 1.54) is 0 Å². The Morgan fingerprint density at radius 2 is 2.00 bits per heavy atom. The first-order chi connectivity index (χ1) is 7.76. The van der Waals surface area contributed by atoms with Crippen molar-refractivity contribution in [2.75, 3.05) is 11.9 Å². The average molecular weight is 310 g/mol. The minimum absolute atomic E-state index is 0.0868. The predicted octanol–water partition coefficient (Wildman–Crippen LogP) is 1.55. The Kier molecular flexibility index (Phi) is 7.38. The molecule has 0 aliphatic rings. The number of carboxylic acid groups (broad SMARTS) is 1. The molecule has 5 nitrogen and oxygen atoms in total. The van der Waals surface area contributed by atoms with E-state index in [9.17, 15) is 9.59 Å². The lowest BCUT2D eigenvalue weighted by Crippen LogP contribution is -2.41. The van der Waals surface area contributed by atoms with Crippen molar-refractivity contribution in [2.24, 2.45) is 0 Å². The maximum atomic E-state index is 11.4. The van der Waals surface area contributed by atoms with Crippen molar-refractivity contribution in [3.63, 3.8) is 0 Å². The molecule has 0 fully saturated rings. The molecule has 1 atom stereocenters. The van der Waals surface area contributed by atoms with Crippen LogP contribution in [0.25, 0.3) is 0 Å². The fourth-order valence-electron chi connectivity index (χ4n) is 1.18. The second-order valence-corrected chi connectivity index (χ2v) is 5.48. The predicted molar refractivity (Wildman–Crippen MR) is 68.3 cm³/mol. The van der Waals surface area contributed by atoms with Crippen LogP contribution in [0.2, 0.25) is 0 Å². The van der Waals surface area contributed by atoms with Gasteiger partial charge in [0.2, 0.25) is 0 Å². The van der Waals surface area contributed by atoms with Crippen LogP contribution < -0.4 is 5.32 Å². The SMILES string of the molecule is CC(C)(C)OC(=O)CNC(CCCBr)C(=O)O. The molecular formula is C11H20BrNO4. The van der Waals surface area contributed by atoms with Gasteiger partial charge in [0.05, 0.1) is 6.54 Å². The summed E-state index contributed by atoms with van der Waals surface area (Å²) in [5, 5.41) is 12.3. The molecule has 2 N–H and O–H groups in total. The Hall–Kier alpha value is -0.620. The van der Waals surface area contributed by atoms with Gasteiger partial charge in [0.15, 0.2) is 0 Å². The zero-order valence-corrected chi connectivity index (χ0v) is 12.0. The highest BCUT2D eigenvalue weighted by Gasteiger charge is 2.20. The molecule has 1 unspecified atom stereocenters. The van der Waals surface area contributed by atoms with E-state index in [0.717, 1.165) is 11.8 Å². The zero-order valence-electron chi connectivity index (χ0n) is 10.5. The Bertz CT molecular complexity index is 263. The quantitative estimate of drug-likeness (QED) is 0.551. The van der Waals surface area contributed by atoms with Crippen molar-refractivity contribution in [1.29, 1.82) is 0 Å². The van der Waals surface area contributed by atoms with Gasteiger partial charge in [0.25, 0.3) is 0 Å². The number of aliphatic carboxylic acids is 1. The lowest BCUT2D eigenvalue weighted by Gasteiger charge is -2.20. The molecule has 0 aromatic rings. The zero-order chi connectivity index (χ0) is 13.5. The number of carboxylic acids is 1. The highest BCUT2D eigenvalue weighted by molar-refractivity contribution is 9.09. The third-order valence-electron chi connectivity index (χ3n) is 1.84. The summed E-state index contributed by atoms with van der Waals surface area (Å²) in [6.07, 6.45) is 1.21. The second-order valence-electron chi connectivity index (χ2n) is 4.69. The molecule has 17 heavy (non-hydrogen) atoms. The highest BCUT2D eigenvalue weighted by Crippen LogP contribution is 2.06. The van der Waals surface area contributed by atoms with Gasteiger partial charge < -0.3 is 9.84 Å². The Balaban J connectivity index is 4.04. The lowest BCUT2D eigenvalue weighted by atomic mass is 10.1. The third-order valence-corrected chi connectivity index (χ3v) is 2.40. The fraction of sp³-hybridized carbons (Fsp3) is 0.818. The van der Waals surface area contributed by atoms with Crippen LogP contribution in [0.5, 0.6) is 0 Å². The number of esters is 1. The molecule has 0 saturated heterocycles. The molecule has 0 rings (SSSR count). The maximum absolute atomic E-state index is 11.4. The summed E-state index contributed by atoms with van der Waals surface area (Å²) < 4.78 is 5.07. The molecule has 0 aromatic carbocycles. The topological polar surface area (TPSA) is 75.6 Å². The fourth-order valence-corrected chi connectivity index (χ4v) is 1.50. The van der Waals surface area contributed by atoms with Crippen LogP contribution in [0.15, 0.2) is 0 Å². The molecule has 0 aliphatic heterocycles. The van der Waals surface area contributed by atoms with Crippen LogP contribution in [-0.2, 0) is 14.3 Å². The van der Waals surface area contributed by atoms with Crippen molar-refractivity contribution < 1.29 is 19.4 Å². The van der Waals surface area contributed by atoms with Crippen molar-refractivity contribution in [1.82, 2.24) is 5.32 Å². The van der Waals surface area contributed by atoms with E-state index in [1.807, 2.05) is 0 Å². The molecule has 0 amide bonds. The summed E-state index contributed by atoms with van der Waals surface area (Å²) in [6, 6.07) is -0.708. The molecule has 0 heterocycles. The summed E-state index contributed by atoms with van der Waals surface area (Å²) in [5.41, 5.74) is -0.548. The van der Waals surface area contributed by atoms with Gasteiger partial charge in [-0.1, -0.05) is 15.9 Å². The van der Waals surface area contributed by atoms with E-state index in [-0.39, 0.29) is 6.54 Å². The average Bonchev–Trinajstić information content (AvgIpc) is 2.14. The van der Waals surface area contributed by atoms with E-state index in [4.69, 9.17) is 9.84 Å². The van der Waals surface area contributed by atoms with Crippen LogP contribution in [0, 0.1) is 0 Å². The number of halogens is 1. The first-order valence-corrected chi connectivity index (χ1v) is 6.62. The van der Waals surface area contributed by atoms with Gasteiger partial charge in [-0.2, -0.15) is 0 Å². The van der Waals surface area contributed by atoms with E-state index < -0.39 is 23.6 Å². The first kappa shape index (κ1) is 16.4. The van der Waals surface area contributed by atoms with Crippen LogP contribution >= 0.6 is 15.9 Å². The molecular weight excluding hydrogens is 290 g/mol. The van der Waals surface area contributed by atoms with Crippen molar-refractivity contribution in [3.05, 3.63) is 0 Å². The summed E-state index contributed by atoms with van der Waals surface area (Å²) in [6.45, 7) is 5.22. The van der Waals surface area contributed by atoms with Crippen molar-refractivity contribution >= 4 is 27.9 Å². The number of alkyl halides is 1. The Morgan fingerprint density at radius 1 is 1.41 bits per heavy atom. The van der Waals surface area contributed by atoms with Gasteiger partial charge in [0, 0.05) is 5.33 Å². The largest absolute Gasteiger partial charge is 0.480 e. The molecule has 0 spiro atoms. The standard InChI is InChI=1S/C11H20BrNO4/c1-11(2,3)17-9(14)7-13-8(10(15)16)5-4-6-12/h8,13H,4-7H2,1-3H3,(H,15,16). The van der Waals surface area contributed by atoms with E-state index in [2.05, 4.69) is 21.2 Å². The van der Waals surface area contributed by atoms with Crippen LogP contribution in [0.4, 0.5) is 0 Å². The van der Waals surface area contributed by atoms with Crippen LogP contribution in [0.1, 0.15) is 33.6 Å². The van der Waals surface area contributed by atoms with Gasteiger partial charge in [-0.3, -0.25) is 14.9 Å². The molecule has 6 heteroatoms. The smallest absolute Gasteiger partial charge is 0.320 e. The monoisotopic (exact) mass is 309 g/mol. The van der Waals surface area contributed by atoms with Crippen LogP contribution in [-0.4, -0.2) is 40.6 Å². The normalized spacial score (nSPS) is 13.2. The Morgan fingerprint density at radius 3 is 2.41 bits per heavy atom. The molecule has 0 aromatic heterocycles. The van der Waals surface area contributed by atoms with E-state index in [0.29, 0.717) is 6.42 Å². The molecule has 0 saturated carbocycles. The lowest BCUT2D eigenvalue weighted by molar-refractivity contribution is -0.154. The van der Waals surface area contributed by atoms with Crippen molar-refractivity contribution in [2.45, 2.75) is 45.3 Å². The minimum atomic E-state index is -0.950. The van der Waals surface area contributed by atoms with Gasteiger partial charge in [-0.15, -0.1) is 0 Å². The number of hydrogen-bond donors (Lipinski definition) is 2. The number of carbonyl (C=O) groups excluding carboxylic acids is 1. The summed E-state index contributed by atoms with van der Waals surface area (Å²) >= 11 is 3.23. The Labute approximate surface area is 110 Å². The number of rotatable bonds is 7. The maximum Gasteiger partial charge on any atom is 0.320 e. The van der Waals surface area contributed by atoms with E-state index in [1.54, 1.807) is 20.8 Å². The summed E-state index contributed by atoms with van der Waals surface area (Å²) in [4.78, 5) is 22.2. The van der Waals surface area contributed by atoms with Gasteiger partial charge in [0.1, 0.15) is 11.6 Å². The van der Waals surface area contributed by atoms with Gasteiger partial charge >= 0.3 is 11.9 Å². The van der Waals surface area contributed by atoms with Gasteiger partial charge in [-0.25, -0.2) is 0 Å². The molecule has 0 bridgehead atoms. The minimum Gasteiger partial charge on any atom is -0.480 e. The number of ether oxygens (including phenoxy) is 1. The first-order valence-electron chi connectivity index (χ1n) is 5.50. The highest BCUT2D eigenvalue weighted by atomic mass is 79.9. The summed E-state index contributed by atoms with van der Waals surface area (Å²) in [7, 11) is 0. The van der Waals surface area contributed by atoms with Gasteiger partial charge in [-0.05, 0) is 33.6 Å².